The Balaban J connectivity index is 1.70. The Morgan fingerprint density at radius 2 is 1.89 bits per heavy atom. The number of amides is 2. The van der Waals surface area contributed by atoms with Crippen LogP contribution in [0.1, 0.15) is 31.4 Å². The molecular formula is C20H21N3O3S. The fourth-order valence-corrected chi connectivity index (χ4v) is 3.61. The van der Waals surface area contributed by atoms with Crippen LogP contribution < -0.4 is 10.6 Å². The first kappa shape index (κ1) is 18.9. The molecule has 2 N–H and O–H groups in total. The van der Waals surface area contributed by atoms with Gasteiger partial charge in [-0.15, -0.1) is 11.3 Å². The third-order valence-electron chi connectivity index (χ3n) is 3.79. The molecule has 3 rings (SSSR count). The molecule has 0 aliphatic rings. The maximum atomic E-state index is 12.7. The van der Waals surface area contributed by atoms with Crippen LogP contribution >= 0.6 is 11.3 Å². The normalized spacial score (nSPS) is 10.8. The lowest BCUT2D eigenvalue weighted by Gasteiger charge is -2.11. The van der Waals surface area contributed by atoms with E-state index in [1.165, 1.54) is 17.6 Å². The zero-order chi connectivity index (χ0) is 19.4. The van der Waals surface area contributed by atoms with Gasteiger partial charge in [0.15, 0.2) is 5.76 Å². The van der Waals surface area contributed by atoms with Crippen molar-refractivity contribution < 1.29 is 14.0 Å². The average Bonchev–Trinajstić information content (AvgIpc) is 3.24. The summed E-state index contributed by atoms with van der Waals surface area (Å²) in [6.07, 6.45) is 1.44. The standard InChI is InChI=1S/C20H21N3O3S/c1-13-10-17(22-19(24)16-8-5-9-26-16)27-18(13)20(25)21-15-7-4-6-14(11-15)12-23(2)3/h4-11H,12H2,1-3H3,(H,21,25)(H,22,24). The predicted molar refractivity (Wildman–Crippen MR) is 108 cm³/mol. The monoisotopic (exact) mass is 383 g/mol. The van der Waals surface area contributed by atoms with Crippen molar-refractivity contribution in [2.24, 2.45) is 0 Å². The molecule has 0 unspecified atom stereocenters. The van der Waals surface area contributed by atoms with Gasteiger partial charge < -0.3 is 20.0 Å². The molecule has 1 aromatic carbocycles. The Kier molecular flexibility index (Phi) is 5.73. The Morgan fingerprint density at radius 3 is 2.59 bits per heavy atom. The van der Waals surface area contributed by atoms with Crippen LogP contribution in [0.4, 0.5) is 10.7 Å². The van der Waals surface area contributed by atoms with Crippen LogP contribution in [0.2, 0.25) is 0 Å². The first-order valence-electron chi connectivity index (χ1n) is 8.42. The molecule has 0 atom stereocenters. The van der Waals surface area contributed by atoms with Gasteiger partial charge in [-0.25, -0.2) is 0 Å². The van der Waals surface area contributed by atoms with E-state index < -0.39 is 0 Å². The maximum absolute atomic E-state index is 12.7. The minimum atomic E-state index is -0.343. The minimum Gasteiger partial charge on any atom is -0.459 e. The second kappa shape index (κ2) is 8.20. The number of hydrogen-bond donors (Lipinski definition) is 2. The summed E-state index contributed by atoms with van der Waals surface area (Å²) in [7, 11) is 4.00. The molecule has 0 fully saturated rings. The van der Waals surface area contributed by atoms with E-state index in [1.54, 1.807) is 18.2 Å². The van der Waals surface area contributed by atoms with Gasteiger partial charge in [-0.3, -0.25) is 9.59 Å². The summed E-state index contributed by atoms with van der Waals surface area (Å²) < 4.78 is 5.08. The minimum absolute atomic E-state index is 0.196. The van der Waals surface area contributed by atoms with Crippen LogP contribution in [0.3, 0.4) is 0 Å². The van der Waals surface area contributed by atoms with Crippen LogP contribution in [0.15, 0.2) is 53.1 Å². The van der Waals surface area contributed by atoms with Crippen LogP contribution in [0.5, 0.6) is 0 Å². The number of thiophene rings is 1. The van der Waals surface area contributed by atoms with Crippen molar-refractivity contribution in [3.05, 3.63) is 70.5 Å². The number of rotatable bonds is 6. The van der Waals surface area contributed by atoms with E-state index in [-0.39, 0.29) is 17.6 Å². The number of aryl methyl sites for hydroxylation is 1. The SMILES string of the molecule is Cc1cc(NC(=O)c2ccco2)sc1C(=O)Nc1cccc(CN(C)C)c1. The number of carbonyl (C=O) groups is 2. The molecular weight excluding hydrogens is 362 g/mol. The summed E-state index contributed by atoms with van der Waals surface area (Å²) >= 11 is 1.23. The van der Waals surface area contributed by atoms with Crippen molar-refractivity contribution in [1.29, 1.82) is 0 Å². The highest BCUT2D eigenvalue weighted by Gasteiger charge is 2.17. The lowest BCUT2D eigenvalue weighted by Crippen LogP contribution is -2.13. The van der Waals surface area contributed by atoms with Crippen molar-refractivity contribution in [3.8, 4) is 0 Å². The van der Waals surface area contributed by atoms with Gasteiger partial charge in [-0.1, -0.05) is 12.1 Å². The van der Waals surface area contributed by atoms with Crippen LogP contribution in [-0.4, -0.2) is 30.8 Å². The molecule has 7 heteroatoms. The van der Waals surface area contributed by atoms with E-state index in [2.05, 4.69) is 15.5 Å². The van der Waals surface area contributed by atoms with Gasteiger partial charge in [0.2, 0.25) is 0 Å². The molecule has 3 aromatic rings. The Bertz CT molecular complexity index is 945. The van der Waals surface area contributed by atoms with Gasteiger partial charge in [0.1, 0.15) is 0 Å². The third kappa shape index (κ3) is 4.84. The molecule has 0 radical (unpaired) electrons. The molecule has 0 saturated carbocycles. The van der Waals surface area contributed by atoms with Crippen LogP contribution in [0.25, 0.3) is 0 Å². The lowest BCUT2D eigenvalue weighted by atomic mass is 10.2. The molecule has 0 aliphatic carbocycles. The van der Waals surface area contributed by atoms with E-state index >= 15 is 0 Å². The molecule has 6 nitrogen and oxygen atoms in total. The second-order valence-electron chi connectivity index (χ2n) is 6.45. The Hall–Kier alpha value is -2.90. The lowest BCUT2D eigenvalue weighted by molar-refractivity contribution is 0.0995. The Labute approximate surface area is 161 Å². The van der Waals surface area contributed by atoms with E-state index in [1.807, 2.05) is 45.3 Å². The summed E-state index contributed by atoms with van der Waals surface area (Å²) in [5.41, 5.74) is 2.66. The fraction of sp³-hybridized carbons (Fsp3) is 0.200. The van der Waals surface area contributed by atoms with Gasteiger partial charge in [-0.05, 0) is 62.5 Å². The van der Waals surface area contributed by atoms with E-state index in [0.29, 0.717) is 9.88 Å². The summed E-state index contributed by atoms with van der Waals surface area (Å²) in [4.78, 5) is 27.4. The number of anilines is 2. The molecule has 2 heterocycles. The molecule has 140 valence electrons. The molecule has 27 heavy (non-hydrogen) atoms. The van der Waals surface area contributed by atoms with Gasteiger partial charge in [0.05, 0.1) is 16.1 Å². The number of hydrogen-bond acceptors (Lipinski definition) is 5. The summed E-state index contributed by atoms with van der Waals surface area (Å²) in [6.45, 7) is 2.64. The highest BCUT2D eigenvalue weighted by Crippen LogP contribution is 2.28. The summed E-state index contributed by atoms with van der Waals surface area (Å²) in [5.74, 6) is -0.313. The molecule has 0 aliphatic heterocycles. The van der Waals surface area contributed by atoms with Crippen LogP contribution in [-0.2, 0) is 6.54 Å². The number of nitrogens with zero attached hydrogens (tertiary/aromatic N) is 1. The smallest absolute Gasteiger partial charge is 0.291 e. The number of benzene rings is 1. The van der Waals surface area contributed by atoms with Crippen LogP contribution in [0, 0.1) is 6.92 Å². The average molecular weight is 383 g/mol. The summed E-state index contributed by atoms with van der Waals surface area (Å²) in [5, 5.41) is 6.28. The fourth-order valence-electron chi connectivity index (χ4n) is 2.65. The van der Waals surface area contributed by atoms with Crippen molar-refractivity contribution >= 4 is 33.8 Å². The first-order valence-corrected chi connectivity index (χ1v) is 9.24. The van der Waals surface area contributed by atoms with Crippen molar-refractivity contribution in [3.63, 3.8) is 0 Å². The van der Waals surface area contributed by atoms with Crippen molar-refractivity contribution in [2.45, 2.75) is 13.5 Å². The number of carbonyl (C=O) groups excluding carboxylic acids is 2. The largest absolute Gasteiger partial charge is 0.459 e. The third-order valence-corrected chi connectivity index (χ3v) is 4.94. The van der Waals surface area contributed by atoms with E-state index in [4.69, 9.17) is 4.42 Å². The quantitative estimate of drug-likeness (QED) is 0.668. The van der Waals surface area contributed by atoms with Crippen molar-refractivity contribution in [2.75, 3.05) is 24.7 Å². The second-order valence-corrected chi connectivity index (χ2v) is 7.50. The van der Waals surface area contributed by atoms with Crippen molar-refractivity contribution in [1.82, 2.24) is 4.90 Å². The molecule has 0 saturated heterocycles. The first-order chi connectivity index (χ1) is 12.9. The Morgan fingerprint density at radius 1 is 1.07 bits per heavy atom. The molecule has 2 amide bonds. The molecule has 0 spiro atoms. The van der Waals surface area contributed by atoms with Gasteiger partial charge in [-0.2, -0.15) is 0 Å². The predicted octanol–water partition coefficient (Wildman–Crippen LogP) is 4.22. The highest BCUT2D eigenvalue weighted by atomic mass is 32.1. The van der Waals surface area contributed by atoms with Gasteiger partial charge in [0.25, 0.3) is 11.8 Å². The summed E-state index contributed by atoms with van der Waals surface area (Å²) in [6, 6.07) is 12.8. The molecule has 2 aromatic heterocycles. The number of nitrogens with one attached hydrogen (secondary N) is 2. The zero-order valence-electron chi connectivity index (χ0n) is 15.4. The van der Waals surface area contributed by atoms with Gasteiger partial charge in [0, 0.05) is 12.2 Å². The highest BCUT2D eigenvalue weighted by molar-refractivity contribution is 7.18. The van der Waals surface area contributed by atoms with E-state index in [9.17, 15) is 9.59 Å². The van der Waals surface area contributed by atoms with Gasteiger partial charge >= 0.3 is 0 Å². The topological polar surface area (TPSA) is 74.6 Å². The number of furan rings is 1. The molecule has 0 bridgehead atoms. The van der Waals surface area contributed by atoms with E-state index in [0.717, 1.165) is 23.4 Å². The zero-order valence-corrected chi connectivity index (χ0v) is 16.2. The maximum Gasteiger partial charge on any atom is 0.291 e.